The Kier molecular flexibility index (Phi) is 3.85. The Morgan fingerprint density at radius 3 is 2.35 bits per heavy atom. The molecule has 1 atom stereocenters. The first-order valence-electron chi connectivity index (χ1n) is 6.53. The van der Waals surface area contributed by atoms with Crippen LogP contribution in [0.3, 0.4) is 0 Å². The quantitative estimate of drug-likeness (QED) is 0.845. The van der Waals surface area contributed by atoms with Crippen molar-refractivity contribution in [2.45, 2.75) is 45.3 Å². The number of benzene rings is 1. The van der Waals surface area contributed by atoms with Gasteiger partial charge in [0.15, 0.2) is 0 Å². The molecule has 0 amide bonds. The van der Waals surface area contributed by atoms with Gasteiger partial charge in [-0.1, -0.05) is 29.3 Å². The Morgan fingerprint density at radius 1 is 1.24 bits per heavy atom. The zero-order chi connectivity index (χ0) is 12.4. The molecule has 0 aliphatic heterocycles. The molecule has 1 unspecified atom stereocenters. The lowest BCUT2D eigenvalue weighted by Crippen LogP contribution is -2.23. The molecule has 0 saturated heterocycles. The van der Waals surface area contributed by atoms with Gasteiger partial charge in [0.05, 0.1) is 6.10 Å². The van der Waals surface area contributed by atoms with E-state index in [9.17, 15) is 5.11 Å². The van der Waals surface area contributed by atoms with Gasteiger partial charge in [-0.05, 0) is 45.7 Å². The average Bonchev–Trinajstić information content (AvgIpc) is 3.07. The first kappa shape index (κ1) is 12.6. The van der Waals surface area contributed by atoms with Gasteiger partial charge in [0, 0.05) is 12.6 Å². The summed E-state index contributed by atoms with van der Waals surface area (Å²) < 4.78 is 0. The lowest BCUT2D eigenvalue weighted by atomic mass is 10.0. The topological polar surface area (TPSA) is 23.5 Å². The SMILES string of the molecule is Cc1cc(C)cc(C(O)CCN(C)C2CC2)c1. The predicted molar refractivity (Wildman–Crippen MR) is 71.1 cm³/mol. The zero-order valence-electron chi connectivity index (χ0n) is 11.1. The average molecular weight is 233 g/mol. The largest absolute Gasteiger partial charge is 0.388 e. The summed E-state index contributed by atoms with van der Waals surface area (Å²) in [7, 11) is 2.16. The molecule has 0 radical (unpaired) electrons. The summed E-state index contributed by atoms with van der Waals surface area (Å²) in [5.41, 5.74) is 3.52. The van der Waals surface area contributed by atoms with Crippen molar-refractivity contribution >= 4 is 0 Å². The molecule has 1 aliphatic carbocycles. The third-order valence-electron chi connectivity index (χ3n) is 3.55. The van der Waals surface area contributed by atoms with Crippen molar-refractivity contribution in [3.05, 3.63) is 34.9 Å². The number of aliphatic hydroxyl groups is 1. The first-order valence-corrected chi connectivity index (χ1v) is 6.53. The highest BCUT2D eigenvalue weighted by molar-refractivity contribution is 5.29. The van der Waals surface area contributed by atoms with Gasteiger partial charge in [0.1, 0.15) is 0 Å². The maximum absolute atomic E-state index is 10.2. The third-order valence-corrected chi connectivity index (χ3v) is 3.55. The van der Waals surface area contributed by atoms with Crippen molar-refractivity contribution in [2.24, 2.45) is 0 Å². The van der Waals surface area contributed by atoms with Gasteiger partial charge in [-0.15, -0.1) is 0 Å². The summed E-state index contributed by atoms with van der Waals surface area (Å²) in [6.07, 6.45) is 3.16. The van der Waals surface area contributed by atoms with Crippen LogP contribution in [0.25, 0.3) is 0 Å². The Bertz CT molecular complexity index is 364. The van der Waals surface area contributed by atoms with Gasteiger partial charge in [0.25, 0.3) is 0 Å². The molecule has 0 spiro atoms. The molecule has 1 aromatic rings. The minimum absolute atomic E-state index is 0.324. The molecule has 1 N–H and O–H groups in total. The number of nitrogens with zero attached hydrogens (tertiary/aromatic N) is 1. The minimum atomic E-state index is -0.324. The molecule has 0 aromatic heterocycles. The van der Waals surface area contributed by atoms with Crippen molar-refractivity contribution in [2.75, 3.05) is 13.6 Å². The van der Waals surface area contributed by atoms with E-state index in [-0.39, 0.29) is 6.10 Å². The van der Waals surface area contributed by atoms with Gasteiger partial charge >= 0.3 is 0 Å². The van der Waals surface area contributed by atoms with Gasteiger partial charge < -0.3 is 10.0 Å². The van der Waals surface area contributed by atoms with Crippen LogP contribution in [-0.4, -0.2) is 29.6 Å². The highest BCUT2D eigenvalue weighted by Crippen LogP contribution is 2.27. The smallest absolute Gasteiger partial charge is 0.0802 e. The van der Waals surface area contributed by atoms with Crippen molar-refractivity contribution in [1.82, 2.24) is 4.90 Å². The maximum Gasteiger partial charge on any atom is 0.0802 e. The number of rotatable bonds is 5. The molecular formula is C15H23NO. The van der Waals surface area contributed by atoms with Crippen LogP contribution in [-0.2, 0) is 0 Å². The summed E-state index contributed by atoms with van der Waals surface area (Å²) in [6, 6.07) is 7.11. The monoisotopic (exact) mass is 233 g/mol. The van der Waals surface area contributed by atoms with Gasteiger partial charge in [-0.3, -0.25) is 0 Å². The van der Waals surface area contributed by atoms with Crippen LogP contribution in [0.2, 0.25) is 0 Å². The third kappa shape index (κ3) is 3.55. The summed E-state index contributed by atoms with van der Waals surface area (Å²) in [5.74, 6) is 0. The molecule has 94 valence electrons. The molecule has 2 rings (SSSR count). The molecule has 1 aliphatic rings. The Balaban J connectivity index is 1.91. The summed E-state index contributed by atoms with van der Waals surface area (Å²) in [4.78, 5) is 2.37. The Hall–Kier alpha value is -0.860. The lowest BCUT2D eigenvalue weighted by Gasteiger charge is -2.19. The molecule has 2 nitrogen and oxygen atoms in total. The van der Waals surface area contributed by atoms with E-state index in [1.54, 1.807) is 0 Å². The van der Waals surface area contributed by atoms with Crippen molar-refractivity contribution < 1.29 is 5.11 Å². The number of aliphatic hydroxyl groups excluding tert-OH is 1. The van der Waals surface area contributed by atoms with E-state index in [4.69, 9.17) is 0 Å². The van der Waals surface area contributed by atoms with Crippen LogP contribution in [0.4, 0.5) is 0 Å². The normalized spacial score (nSPS) is 17.5. The van der Waals surface area contributed by atoms with Gasteiger partial charge in [-0.2, -0.15) is 0 Å². The number of hydrogen-bond acceptors (Lipinski definition) is 2. The summed E-state index contributed by atoms with van der Waals surface area (Å²) >= 11 is 0. The summed E-state index contributed by atoms with van der Waals surface area (Å²) in [5, 5.41) is 10.2. The van der Waals surface area contributed by atoms with E-state index in [0.29, 0.717) is 0 Å². The van der Waals surface area contributed by atoms with Gasteiger partial charge in [0.2, 0.25) is 0 Å². The molecule has 17 heavy (non-hydrogen) atoms. The molecule has 2 heteroatoms. The van der Waals surface area contributed by atoms with E-state index in [2.05, 4.69) is 44.0 Å². The van der Waals surface area contributed by atoms with Crippen LogP contribution < -0.4 is 0 Å². The predicted octanol–water partition coefficient (Wildman–Crippen LogP) is 2.82. The molecule has 1 aromatic carbocycles. The van der Waals surface area contributed by atoms with Crippen LogP contribution in [0.1, 0.15) is 42.1 Å². The van der Waals surface area contributed by atoms with E-state index in [1.807, 2.05) is 0 Å². The Morgan fingerprint density at radius 2 is 1.82 bits per heavy atom. The maximum atomic E-state index is 10.2. The molecule has 0 heterocycles. The van der Waals surface area contributed by atoms with Crippen LogP contribution in [0.5, 0.6) is 0 Å². The van der Waals surface area contributed by atoms with E-state index >= 15 is 0 Å². The van der Waals surface area contributed by atoms with E-state index in [1.165, 1.54) is 24.0 Å². The molecule has 1 saturated carbocycles. The standard InChI is InChI=1S/C15H23NO/c1-11-8-12(2)10-13(9-11)15(17)6-7-16(3)14-4-5-14/h8-10,14-15,17H,4-7H2,1-3H3. The fourth-order valence-corrected chi connectivity index (χ4v) is 2.39. The van der Waals surface area contributed by atoms with Crippen LogP contribution in [0, 0.1) is 13.8 Å². The minimum Gasteiger partial charge on any atom is -0.388 e. The lowest BCUT2D eigenvalue weighted by molar-refractivity contribution is 0.147. The van der Waals surface area contributed by atoms with Crippen molar-refractivity contribution in [1.29, 1.82) is 0 Å². The molecular weight excluding hydrogens is 210 g/mol. The second-order valence-corrected chi connectivity index (χ2v) is 5.44. The second-order valence-electron chi connectivity index (χ2n) is 5.44. The molecule has 0 bridgehead atoms. The highest BCUT2D eigenvalue weighted by atomic mass is 16.3. The fourth-order valence-electron chi connectivity index (χ4n) is 2.39. The van der Waals surface area contributed by atoms with E-state index < -0.39 is 0 Å². The molecule has 1 fully saturated rings. The van der Waals surface area contributed by atoms with Crippen LogP contribution in [0.15, 0.2) is 18.2 Å². The van der Waals surface area contributed by atoms with E-state index in [0.717, 1.165) is 24.6 Å². The fraction of sp³-hybridized carbons (Fsp3) is 0.600. The van der Waals surface area contributed by atoms with Crippen molar-refractivity contribution in [3.63, 3.8) is 0 Å². The first-order chi connectivity index (χ1) is 8.06. The zero-order valence-corrected chi connectivity index (χ0v) is 11.1. The second kappa shape index (κ2) is 5.19. The summed E-state index contributed by atoms with van der Waals surface area (Å²) in [6.45, 7) is 5.15. The van der Waals surface area contributed by atoms with Gasteiger partial charge in [-0.25, -0.2) is 0 Å². The highest BCUT2D eigenvalue weighted by Gasteiger charge is 2.26. The van der Waals surface area contributed by atoms with Crippen molar-refractivity contribution in [3.8, 4) is 0 Å². The number of hydrogen-bond donors (Lipinski definition) is 1. The van der Waals surface area contributed by atoms with Crippen LogP contribution >= 0.6 is 0 Å². The Labute approximate surface area is 104 Å². The number of aryl methyl sites for hydroxylation is 2.